The second-order valence-corrected chi connectivity index (χ2v) is 10.1. The molecule has 1 atom stereocenters. The number of esters is 1. The molecule has 0 saturated carbocycles. The normalized spacial score (nSPS) is 12.0. The third-order valence-electron chi connectivity index (χ3n) is 5.95. The molecule has 0 radical (unpaired) electrons. The van der Waals surface area contributed by atoms with Crippen molar-refractivity contribution in [2.75, 3.05) is 11.9 Å². The first-order chi connectivity index (χ1) is 19.5. The molecule has 214 valence electrons. The average Bonchev–Trinajstić information content (AvgIpc) is 3.56. The van der Waals surface area contributed by atoms with E-state index in [-0.39, 0.29) is 35.2 Å². The molecule has 2 heterocycles. The number of rotatable bonds is 9. The van der Waals surface area contributed by atoms with Crippen LogP contribution in [0.25, 0.3) is 16.6 Å². The van der Waals surface area contributed by atoms with E-state index in [1.807, 2.05) is 6.07 Å². The van der Waals surface area contributed by atoms with Crippen LogP contribution in [0.1, 0.15) is 54.1 Å². The zero-order valence-electron chi connectivity index (χ0n) is 23.1. The van der Waals surface area contributed by atoms with Crippen LogP contribution in [0.3, 0.4) is 0 Å². The van der Waals surface area contributed by atoms with Gasteiger partial charge in [-0.1, -0.05) is 18.2 Å². The average molecular weight is 562 g/mol. The van der Waals surface area contributed by atoms with Crippen molar-refractivity contribution in [3.05, 3.63) is 78.0 Å². The summed E-state index contributed by atoms with van der Waals surface area (Å²) in [6, 6.07) is 11.0. The topological polar surface area (TPSA) is 165 Å². The highest BCUT2D eigenvalue weighted by molar-refractivity contribution is 6.17. The molecule has 41 heavy (non-hydrogen) atoms. The molecule has 4 N–H and O–H groups in total. The molecule has 2 aromatic carbocycles. The molecule has 0 aliphatic carbocycles. The summed E-state index contributed by atoms with van der Waals surface area (Å²) < 4.78 is 12.3. The Balaban J connectivity index is 1.79. The van der Waals surface area contributed by atoms with Crippen molar-refractivity contribution in [2.24, 2.45) is 0 Å². The van der Waals surface area contributed by atoms with Crippen LogP contribution in [0.5, 0.6) is 0 Å². The van der Waals surface area contributed by atoms with Crippen LogP contribution in [0.2, 0.25) is 0 Å². The quantitative estimate of drug-likeness (QED) is 0.220. The summed E-state index contributed by atoms with van der Waals surface area (Å²) in [6.45, 7) is 6.72. The minimum Gasteiger partial charge on any atom is -0.478 e. The molecule has 12 heteroatoms. The zero-order chi connectivity index (χ0) is 29.7. The van der Waals surface area contributed by atoms with E-state index in [1.54, 1.807) is 68.8 Å². The van der Waals surface area contributed by atoms with Crippen molar-refractivity contribution >= 4 is 40.5 Å². The lowest BCUT2D eigenvalue weighted by atomic mass is 10.0. The van der Waals surface area contributed by atoms with Gasteiger partial charge in [-0.15, -0.1) is 0 Å². The number of carbonyl (C=O) groups is 4. The second-order valence-electron chi connectivity index (χ2n) is 10.1. The zero-order valence-corrected chi connectivity index (χ0v) is 23.1. The number of imidazole rings is 1. The van der Waals surface area contributed by atoms with Gasteiger partial charge >= 0.3 is 18.0 Å². The lowest BCUT2D eigenvalue weighted by Gasteiger charge is -2.23. The Morgan fingerprint density at radius 3 is 2.44 bits per heavy atom. The summed E-state index contributed by atoms with van der Waals surface area (Å²) in [5, 5.41) is 15.4. The van der Waals surface area contributed by atoms with Gasteiger partial charge in [0, 0.05) is 29.9 Å². The third kappa shape index (κ3) is 6.72. The first-order valence-electron chi connectivity index (χ1n) is 12.9. The fourth-order valence-electron chi connectivity index (χ4n) is 4.30. The van der Waals surface area contributed by atoms with Crippen LogP contribution in [-0.4, -0.2) is 61.8 Å². The van der Waals surface area contributed by atoms with Crippen molar-refractivity contribution in [1.29, 1.82) is 0 Å². The van der Waals surface area contributed by atoms with Gasteiger partial charge in [-0.3, -0.25) is 4.79 Å². The van der Waals surface area contributed by atoms with Gasteiger partial charge in [0.05, 0.1) is 41.0 Å². The van der Waals surface area contributed by atoms with E-state index < -0.39 is 35.6 Å². The highest BCUT2D eigenvalue weighted by Crippen LogP contribution is 2.33. The summed E-state index contributed by atoms with van der Waals surface area (Å²) in [7, 11) is 0. The highest BCUT2D eigenvalue weighted by Gasteiger charge is 2.29. The van der Waals surface area contributed by atoms with Crippen molar-refractivity contribution in [2.45, 2.75) is 45.8 Å². The van der Waals surface area contributed by atoms with Crippen molar-refractivity contribution in [3.8, 4) is 5.69 Å². The monoisotopic (exact) mass is 561 g/mol. The summed E-state index contributed by atoms with van der Waals surface area (Å²) >= 11 is 0. The number of hydrogen-bond donors (Lipinski definition) is 4. The molecule has 0 spiro atoms. The fourth-order valence-corrected chi connectivity index (χ4v) is 4.30. The second kappa shape index (κ2) is 11.9. The number of hydrogen-bond acceptors (Lipinski definition) is 7. The predicted molar refractivity (Wildman–Crippen MR) is 150 cm³/mol. The number of amides is 2. The number of H-pyrrole nitrogens is 1. The van der Waals surface area contributed by atoms with E-state index in [4.69, 9.17) is 9.47 Å². The van der Waals surface area contributed by atoms with E-state index in [0.29, 0.717) is 16.9 Å². The lowest BCUT2D eigenvalue weighted by Crippen LogP contribution is -2.47. The molecule has 0 bridgehead atoms. The van der Waals surface area contributed by atoms with E-state index >= 15 is 0 Å². The Morgan fingerprint density at radius 2 is 1.83 bits per heavy atom. The van der Waals surface area contributed by atoms with Gasteiger partial charge in [0.1, 0.15) is 11.6 Å². The van der Waals surface area contributed by atoms with Gasteiger partial charge in [-0.2, -0.15) is 0 Å². The number of para-hydroxylation sites is 1. The lowest BCUT2D eigenvalue weighted by molar-refractivity contribution is -0.118. The first-order valence-corrected chi connectivity index (χ1v) is 12.9. The summed E-state index contributed by atoms with van der Waals surface area (Å²) in [4.78, 5) is 58.6. The maximum absolute atomic E-state index is 13.6. The number of nitrogens with one attached hydrogen (secondary N) is 3. The van der Waals surface area contributed by atoms with E-state index in [0.717, 1.165) is 0 Å². The number of anilines is 1. The smallest absolute Gasteiger partial charge is 0.408 e. The van der Waals surface area contributed by atoms with Gasteiger partial charge in [-0.25, -0.2) is 19.4 Å². The molecule has 4 rings (SSSR count). The number of aromatic carboxylic acids is 1. The van der Waals surface area contributed by atoms with Crippen molar-refractivity contribution < 1.29 is 33.8 Å². The summed E-state index contributed by atoms with van der Waals surface area (Å²) in [5.74, 6) is -2.75. The van der Waals surface area contributed by atoms with Gasteiger partial charge in [0.15, 0.2) is 0 Å². The van der Waals surface area contributed by atoms with Crippen molar-refractivity contribution in [3.63, 3.8) is 0 Å². The standard InChI is InChI=1S/C29H31N5O7/c1-5-40-27(38)24-20(11-12-22-23(24)19(26(36)37)15-34(22)18-9-7-6-8-10-18)32-25(35)21(13-17-14-30-16-31-17)33-28(39)41-29(2,3)4/h6-12,14-16,21H,5,13H2,1-4H3,(H,30,31)(H,32,35)(H,33,39)(H,36,37). The molecule has 4 aromatic rings. The molecule has 2 amide bonds. The fraction of sp³-hybridized carbons (Fsp3) is 0.276. The van der Waals surface area contributed by atoms with Crippen LogP contribution in [0.15, 0.2) is 61.2 Å². The Morgan fingerprint density at radius 1 is 1.10 bits per heavy atom. The molecule has 0 saturated heterocycles. The number of fused-ring (bicyclic) bond motifs is 1. The van der Waals surface area contributed by atoms with E-state index in [1.165, 1.54) is 18.6 Å². The number of ether oxygens (including phenoxy) is 2. The van der Waals surface area contributed by atoms with Crippen LogP contribution < -0.4 is 10.6 Å². The number of carboxylic acids is 1. The summed E-state index contributed by atoms with van der Waals surface area (Å²) in [5.41, 5.74) is 0.539. The minimum absolute atomic E-state index is 0.0102. The number of benzene rings is 2. The van der Waals surface area contributed by atoms with Gasteiger partial charge in [0.2, 0.25) is 5.91 Å². The molecular weight excluding hydrogens is 530 g/mol. The molecule has 0 fully saturated rings. The molecule has 12 nitrogen and oxygen atoms in total. The van der Waals surface area contributed by atoms with Gasteiger partial charge in [0.25, 0.3) is 0 Å². The largest absolute Gasteiger partial charge is 0.478 e. The molecular formula is C29H31N5O7. The molecule has 2 aromatic heterocycles. The summed E-state index contributed by atoms with van der Waals surface area (Å²) in [6.07, 6.45) is 3.63. The number of carbonyl (C=O) groups excluding carboxylic acids is 3. The van der Waals surface area contributed by atoms with Gasteiger partial charge in [-0.05, 0) is 52.0 Å². The number of aromatic amines is 1. The van der Waals surface area contributed by atoms with E-state index in [2.05, 4.69) is 20.6 Å². The van der Waals surface area contributed by atoms with Crippen LogP contribution in [0, 0.1) is 0 Å². The van der Waals surface area contributed by atoms with Crippen LogP contribution >= 0.6 is 0 Å². The molecule has 1 unspecified atom stereocenters. The maximum atomic E-state index is 13.6. The minimum atomic E-state index is -1.26. The highest BCUT2D eigenvalue weighted by atomic mass is 16.6. The number of alkyl carbamates (subject to hydrolysis) is 1. The third-order valence-corrected chi connectivity index (χ3v) is 5.95. The number of aromatic nitrogens is 3. The Kier molecular flexibility index (Phi) is 8.41. The van der Waals surface area contributed by atoms with Crippen molar-refractivity contribution in [1.82, 2.24) is 19.9 Å². The van der Waals surface area contributed by atoms with Gasteiger partial charge < -0.3 is 34.8 Å². The Labute approximate surface area is 235 Å². The Bertz CT molecular complexity index is 1570. The first kappa shape index (κ1) is 28.9. The predicted octanol–water partition coefficient (Wildman–Crippen LogP) is 4.30. The SMILES string of the molecule is CCOC(=O)c1c(NC(=O)C(Cc2c[nH]cn2)NC(=O)OC(C)(C)C)ccc2c1c(C(=O)O)cn2-c1ccccc1. The molecule has 0 aliphatic heterocycles. The van der Waals surface area contributed by atoms with E-state index in [9.17, 15) is 24.3 Å². The molecule has 0 aliphatic rings. The maximum Gasteiger partial charge on any atom is 0.408 e. The van der Waals surface area contributed by atoms with Crippen LogP contribution in [-0.2, 0) is 20.7 Å². The number of nitrogens with zero attached hydrogens (tertiary/aromatic N) is 2. The Hall–Kier alpha value is -5.13. The number of carboxylic acid groups (broad SMARTS) is 1. The van der Waals surface area contributed by atoms with Crippen LogP contribution in [0.4, 0.5) is 10.5 Å².